The van der Waals surface area contributed by atoms with Crippen molar-refractivity contribution < 1.29 is 9.59 Å². The molecule has 1 heterocycles. The van der Waals surface area contributed by atoms with E-state index in [1.165, 1.54) is 0 Å². The van der Waals surface area contributed by atoms with E-state index < -0.39 is 6.04 Å². The lowest BCUT2D eigenvalue weighted by molar-refractivity contribution is -0.129. The fourth-order valence-corrected chi connectivity index (χ4v) is 2.69. The quantitative estimate of drug-likeness (QED) is 0.718. The standard InChI is InChI=1S/C15H22N4O2/c1-10(19-9-3-2-4-13(19)14(17)20)15(21)18-12-7-5-11(16)6-8-12/h5-8,10,13H,2-4,9,16H2,1H3,(H2,17,20)(H,18,21). The van der Waals surface area contributed by atoms with Gasteiger partial charge < -0.3 is 16.8 Å². The van der Waals surface area contributed by atoms with Crippen LogP contribution in [0.15, 0.2) is 24.3 Å². The highest BCUT2D eigenvalue weighted by Crippen LogP contribution is 2.20. The zero-order chi connectivity index (χ0) is 15.4. The minimum Gasteiger partial charge on any atom is -0.399 e. The van der Waals surface area contributed by atoms with Gasteiger partial charge in [0.2, 0.25) is 11.8 Å². The number of benzene rings is 1. The van der Waals surface area contributed by atoms with Crippen molar-refractivity contribution in [1.82, 2.24) is 4.90 Å². The average molecular weight is 290 g/mol. The van der Waals surface area contributed by atoms with Crippen molar-refractivity contribution in [2.24, 2.45) is 5.73 Å². The van der Waals surface area contributed by atoms with Gasteiger partial charge in [0, 0.05) is 11.4 Å². The molecule has 2 unspecified atom stereocenters. The van der Waals surface area contributed by atoms with Gasteiger partial charge in [-0.15, -0.1) is 0 Å². The van der Waals surface area contributed by atoms with Crippen molar-refractivity contribution in [2.75, 3.05) is 17.6 Å². The predicted octanol–water partition coefficient (Wildman–Crippen LogP) is 0.936. The third-order valence-corrected chi connectivity index (χ3v) is 3.93. The Morgan fingerprint density at radius 1 is 1.29 bits per heavy atom. The fraction of sp³-hybridized carbons (Fsp3) is 0.467. The van der Waals surface area contributed by atoms with Gasteiger partial charge in [-0.05, 0) is 50.6 Å². The largest absolute Gasteiger partial charge is 0.399 e. The molecule has 1 fully saturated rings. The highest BCUT2D eigenvalue weighted by Gasteiger charge is 2.33. The first-order valence-corrected chi connectivity index (χ1v) is 7.20. The van der Waals surface area contributed by atoms with E-state index in [1.807, 2.05) is 4.90 Å². The van der Waals surface area contributed by atoms with Gasteiger partial charge in [0.1, 0.15) is 0 Å². The Kier molecular flexibility index (Phi) is 4.80. The summed E-state index contributed by atoms with van der Waals surface area (Å²) >= 11 is 0. The zero-order valence-electron chi connectivity index (χ0n) is 12.2. The van der Waals surface area contributed by atoms with Gasteiger partial charge in [-0.1, -0.05) is 6.42 Å². The number of rotatable bonds is 4. The van der Waals surface area contributed by atoms with Crippen LogP contribution in [0.5, 0.6) is 0 Å². The van der Waals surface area contributed by atoms with E-state index in [9.17, 15) is 9.59 Å². The number of nitrogens with two attached hydrogens (primary N) is 2. The summed E-state index contributed by atoms with van der Waals surface area (Å²) in [6.07, 6.45) is 2.66. The molecule has 2 rings (SSSR count). The molecule has 21 heavy (non-hydrogen) atoms. The molecule has 0 saturated carbocycles. The first kappa shape index (κ1) is 15.3. The lowest BCUT2D eigenvalue weighted by Gasteiger charge is -2.37. The van der Waals surface area contributed by atoms with E-state index in [0.717, 1.165) is 19.3 Å². The maximum atomic E-state index is 12.3. The molecule has 6 nitrogen and oxygen atoms in total. The summed E-state index contributed by atoms with van der Waals surface area (Å²) in [4.78, 5) is 25.7. The first-order chi connectivity index (χ1) is 9.99. The summed E-state index contributed by atoms with van der Waals surface area (Å²) in [5, 5.41) is 2.84. The number of nitrogens with one attached hydrogen (secondary N) is 1. The lowest BCUT2D eigenvalue weighted by atomic mass is 9.99. The Balaban J connectivity index is 2.03. The van der Waals surface area contributed by atoms with Crippen molar-refractivity contribution in [3.8, 4) is 0 Å². The molecule has 0 aromatic heterocycles. The van der Waals surface area contributed by atoms with Crippen molar-refractivity contribution in [3.05, 3.63) is 24.3 Å². The van der Waals surface area contributed by atoms with Crippen LogP contribution < -0.4 is 16.8 Å². The predicted molar refractivity (Wildman–Crippen MR) is 82.5 cm³/mol. The Hall–Kier alpha value is -2.08. The van der Waals surface area contributed by atoms with E-state index >= 15 is 0 Å². The molecule has 2 atom stereocenters. The highest BCUT2D eigenvalue weighted by atomic mass is 16.2. The third kappa shape index (κ3) is 3.72. The highest BCUT2D eigenvalue weighted by molar-refractivity contribution is 5.95. The van der Waals surface area contributed by atoms with Gasteiger partial charge in [0.05, 0.1) is 12.1 Å². The van der Waals surface area contributed by atoms with Crippen molar-refractivity contribution in [3.63, 3.8) is 0 Å². The fourth-order valence-electron chi connectivity index (χ4n) is 2.69. The van der Waals surface area contributed by atoms with Crippen LogP contribution in [-0.2, 0) is 9.59 Å². The lowest BCUT2D eigenvalue weighted by Crippen LogP contribution is -2.54. The summed E-state index contributed by atoms with van der Waals surface area (Å²) in [7, 11) is 0. The number of nitrogen functional groups attached to an aromatic ring is 1. The van der Waals surface area contributed by atoms with Crippen LogP contribution in [0.25, 0.3) is 0 Å². The molecular weight excluding hydrogens is 268 g/mol. The number of primary amides is 1. The van der Waals surface area contributed by atoms with Crippen LogP contribution in [-0.4, -0.2) is 35.3 Å². The Labute approximate surface area is 124 Å². The molecule has 2 amide bonds. The number of hydrogen-bond acceptors (Lipinski definition) is 4. The maximum Gasteiger partial charge on any atom is 0.241 e. The minimum atomic E-state index is -0.402. The summed E-state index contributed by atoms with van der Waals surface area (Å²) in [6.45, 7) is 2.51. The van der Waals surface area contributed by atoms with Crippen molar-refractivity contribution in [2.45, 2.75) is 38.3 Å². The normalized spacial score (nSPS) is 20.7. The van der Waals surface area contributed by atoms with E-state index in [0.29, 0.717) is 17.9 Å². The Morgan fingerprint density at radius 3 is 2.57 bits per heavy atom. The van der Waals surface area contributed by atoms with Crippen LogP contribution >= 0.6 is 0 Å². The van der Waals surface area contributed by atoms with Gasteiger partial charge in [-0.25, -0.2) is 0 Å². The van der Waals surface area contributed by atoms with Gasteiger partial charge in [0.15, 0.2) is 0 Å². The smallest absolute Gasteiger partial charge is 0.241 e. The van der Waals surface area contributed by atoms with Crippen LogP contribution in [0.4, 0.5) is 11.4 Å². The van der Waals surface area contributed by atoms with Crippen molar-refractivity contribution >= 4 is 23.2 Å². The number of carbonyl (C=O) groups excluding carboxylic acids is 2. The molecule has 0 radical (unpaired) electrons. The number of carbonyl (C=O) groups is 2. The molecule has 1 aliphatic rings. The monoisotopic (exact) mass is 290 g/mol. The number of piperidine rings is 1. The SMILES string of the molecule is CC(C(=O)Nc1ccc(N)cc1)N1CCCCC1C(N)=O. The number of hydrogen-bond donors (Lipinski definition) is 3. The number of likely N-dealkylation sites (tertiary alicyclic amines) is 1. The summed E-state index contributed by atoms with van der Waals surface area (Å²) in [6, 6.07) is 6.20. The van der Waals surface area contributed by atoms with Crippen LogP contribution in [0, 0.1) is 0 Å². The third-order valence-electron chi connectivity index (χ3n) is 3.93. The molecule has 5 N–H and O–H groups in total. The number of anilines is 2. The summed E-state index contributed by atoms with van der Waals surface area (Å²) in [5.74, 6) is -0.505. The van der Waals surface area contributed by atoms with Gasteiger partial charge in [-0.3, -0.25) is 14.5 Å². The van der Waals surface area contributed by atoms with E-state index in [1.54, 1.807) is 31.2 Å². The Bertz CT molecular complexity index is 515. The second kappa shape index (κ2) is 6.58. The molecule has 0 spiro atoms. The second-order valence-electron chi connectivity index (χ2n) is 5.44. The van der Waals surface area contributed by atoms with Crippen LogP contribution in [0.3, 0.4) is 0 Å². The molecule has 0 aliphatic carbocycles. The summed E-state index contributed by atoms with van der Waals surface area (Å²) in [5.41, 5.74) is 12.4. The van der Waals surface area contributed by atoms with E-state index in [-0.39, 0.29) is 17.9 Å². The van der Waals surface area contributed by atoms with Gasteiger partial charge in [-0.2, -0.15) is 0 Å². The maximum absolute atomic E-state index is 12.3. The van der Waals surface area contributed by atoms with Gasteiger partial charge in [0.25, 0.3) is 0 Å². The molecule has 6 heteroatoms. The minimum absolute atomic E-state index is 0.145. The first-order valence-electron chi connectivity index (χ1n) is 7.20. The molecule has 1 aliphatic heterocycles. The molecule has 1 saturated heterocycles. The molecule has 1 aromatic carbocycles. The molecule has 0 bridgehead atoms. The molecule has 1 aromatic rings. The molecular formula is C15H22N4O2. The van der Waals surface area contributed by atoms with Gasteiger partial charge >= 0.3 is 0 Å². The van der Waals surface area contributed by atoms with E-state index in [2.05, 4.69) is 5.32 Å². The number of nitrogens with zero attached hydrogens (tertiary/aromatic N) is 1. The van der Waals surface area contributed by atoms with Crippen LogP contribution in [0.1, 0.15) is 26.2 Å². The van der Waals surface area contributed by atoms with Crippen molar-refractivity contribution in [1.29, 1.82) is 0 Å². The summed E-state index contributed by atoms with van der Waals surface area (Å²) < 4.78 is 0. The van der Waals surface area contributed by atoms with Crippen LogP contribution in [0.2, 0.25) is 0 Å². The topological polar surface area (TPSA) is 101 Å². The zero-order valence-corrected chi connectivity index (χ0v) is 12.2. The Morgan fingerprint density at radius 2 is 1.95 bits per heavy atom. The number of amides is 2. The van der Waals surface area contributed by atoms with E-state index in [4.69, 9.17) is 11.5 Å². The molecule has 114 valence electrons. The second-order valence-corrected chi connectivity index (χ2v) is 5.44. The average Bonchev–Trinajstić information content (AvgIpc) is 2.48.